The van der Waals surface area contributed by atoms with E-state index in [-0.39, 0.29) is 0 Å². The summed E-state index contributed by atoms with van der Waals surface area (Å²) in [6, 6.07) is 15.8. The van der Waals surface area contributed by atoms with Crippen molar-refractivity contribution < 1.29 is 0 Å². The van der Waals surface area contributed by atoms with Crippen molar-refractivity contribution in [3.05, 3.63) is 66.1 Å². The van der Waals surface area contributed by atoms with E-state index in [0.717, 1.165) is 33.8 Å². The molecule has 6 nitrogen and oxygen atoms in total. The molecule has 0 radical (unpaired) electrons. The van der Waals surface area contributed by atoms with Crippen LogP contribution in [0.2, 0.25) is 0 Å². The molecule has 0 saturated heterocycles. The highest BCUT2D eigenvalue weighted by atomic mass is 15.3. The monoisotopic (exact) mass is 316 g/mol. The SMILES string of the molecule is Cc1ccc(Nc2cnc3c(c2)c(C)nn3-c2ccccc2)nn1. The first kappa shape index (κ1) is 14.3. The van der Waals surface area contributed by atoms with Crippen LogP contribution in [-0.2, 0) is 0 Å². The molecule has 4 rings (SSSR count). The molecular formula is C18H16N6. The normalized spacial score (nSPS) is 10.9. The van der Waals surface area contributed by atoms with E-state index in [9.17, 15) is 0 Å². The van der Waals surface area contributed by atoms with Gasteiger partial charge in [-0.15, -0.1) is 5.10 Å². The molecule has 0 bridgehead atoms. The molecule has 0 amide bonds. The first-order chi connectivity index (χ1) is 11.7. The number of anilines is 2. The number of fused-ring (bicyclic) bond motifs is 1. The van der Waals surface area contributed by atoms with Gasteiger partial charge in [-0.05, 0) is 44.2 Å². The second kappa shape index (κ2) is 5.73. The average Bonchev–Trinajstić information content (AvgIpc) is 2.94. The molecule has 4 aromatic rings. The van der Waals surface area contributed by atoms with Gasteiger partial charge in [-0.3, -0.25) is 0 Å². The van der Waals surface area contributed by atoms with Crippen molar-refractivity contribution in [1.82, 2.24) is 25.0 Å². The lowest BCUT2D eigenvalue weighted by atomic mass is 10.2. The molecule has 0 atom stereocenters. The molecule has 0 spiro atoms. The molecule has 0 unspecified atom stereocenters. The van der Waals surface area contributed by atoms with Gasteiger partial charge in [-0.2, -0.15) is 10.2 Å². The van der Waals surface area contributed by atoms with Crippen molar-refractivity contribution in [2.24, 2.45) is 0 Å². The molecule has 0 fully saturated rings. The van der Waals surface area contributed by atoms with Crippen molar-refractivity contribution in [2.45, 2.75) is 13.8 Å². The Labute approximate surface area is 139 Å². The maximum absolute atomic E-state index is 4.62. The molecule has 0 aliphatic carbocycles. The van der Waals surface area contributed by atoms with Crippen LogP contribution in [0.4, 0.5) is 11.5 Å². The van der Waals surface area contributed by atoms with Crippen LogP contribution in [0.1, 0.15) is 11.4 Å². The Bertz CT molecular complexity index is 989. The fraction of sp³-hybridized carbons (Fsp3) is 0.111. The minimum Gasteiger partial charge on any atom is -0.337 e. The number of benzene rings is 1. The van der Waals surface area contributed by atoms with Crippen LogP contribution in [0.5, 0.6) is 0 Å². The maximum atomic E-state index is 4.62. The fourth-order valence-electron chi connectivity index (χ4n) is 2.57. The van der Waals surface area contributed by atoms with Gasteiger partial charge in [0.15, 0.2) is 11.5 Å². The Kier molecular flexibility index (Phi) is 3.42. The lowest BCUT2D eigenvalue weighted by Gasteiger charge is -2.06. The van der Waals surface area contributed by atoms with Gasteiger partial charge in [0.1, 0.15) is 0 Å². The van der Waals surface area contributed by atoms with Crippen LogP contribution < -0.4 is 5.32 Å². The summed E-state index contributed by atoms with van der Waals surface area (Å²) in [5.41, 5.74) is 4.50. The third kappa shape index (κ3) is 2.58. The molecule has 3 aromatic heterocycles. The number of pyridine rings is 1. The van der Waals surface area contributed by atoms with Gasteiger partial charge in [0.05, 0.1) is 29.0 Å². The van der Waals surface area contributed by atoms with E-state index < -0.39 is 0 Å². The highest BCUT2D eigenvalue weighted by molar-refractivity contribution is 5.83. The van der Waals surface area contributed by atoms with E-state index in [4.69, 9.17) is 0 Å². The summed E-state index contributed by atoms with van der Waals surface area (Å²) in [7, 11) is 0. The summed E-state index contributed by atoms with van der Waals surface area (Å²) in [6.45, 7) is 3.89. The van der Waals surface area contributed by atoms with E-state index in [1.807, 2.05) is 67.1 Å². The minimum absolute atomic E-state index is 0.690. The largest absolute Gasteiger partial charge is 0.337 e. The highest BCUT2D eigenvalue weighted by Crippen LogP contribution is 2.24. The Morgan fingerprint density at radius 2 is 1.79 bits per heavy atom. The summed E-state index contributed by atoms with van der Waals surface area (Å²) >= 11 is 0. The Morgan fingerprint density at radius 1 is 0.958 bits per heavy atom. The summed E-state index contributed by atoms with van der Waals surface area (Å²) < 4.78 is 1.86. The van der Waals surface area contributed by atoms with E-state index >= 15 is 0 Å². The van der Waals surface area contributed by atoms with Crippen LogP contribution >= 0.6 is 0 Å². The number of hydrogen-bond donors (Lipinski definition) is 1. The van der Waals surface area contributed by atoms with Crippen molar-refractivity contribution in [1.29, 1.82) is 0 Å². The topological polar surface area (TPSA) is 68.5 Å². The van der Waals surface area contributed by atoms with Crippen LogP contribution in [0.3, 0.4) is 0 Å². The zero-order chi connectivity index (χ0) is 16.5. The van der Waals surface area contributed by atoms with E-state index in [0.29, 0.717) is 5.82 Å². The van der Waals surface area contributed by atoms with Crippen LogP contribution in [-0.4, -0.2) is 25.0 Å². The fourth-order valence-corrected chi connectivity index (χ4v) is 2.57. The maximum Gasteiger partial charge on any atom is 0.163 e. The molecule has 0 saturated carbocycles. The zero-order valence-electron chi connectivity index (χ0n) is 13.4. The average molecular weight is 316 g/mol. The molecule has 0 aliphatic heterocycles. The Balaban J connectivity index is 1.74. The Morgan fingerprint density at radius 3 is 2.54 bits per heavy atom. The van der Waals surface area contributed by atoms with Crippen molar-refractivity contribution >= 4 is 22.5 Å². The standard InChI is InChI=1S/C18H16N6/c1-12-8-9-17(22-21-12)20-14-10-16-13(2)23-24(18(16)19-11-14)15-6-4-3-5-7-15/h3-11H,1-2H3,(H,20,22). The number of hydrogen-bond acceptors (Lipinski definition) is 5. The number of nitrogens with one attached hydrogen (secondary N) is 1. The van der Waals surface area contributed by atoms with Gasteiger partial charge in [-0.1, -0.05) is 18.2 Å². The van der Waals surface area contributed by atoms with Gasteiger partial charge in [0.25, 0.3) is 0 Å². The Hall–Kier alpha value is -3.28. The van der Waals surface area contributed by atoms with Gasteiger partial charge in [-0.25, -0.2) is 9.67 Å². The molecule has 6 heteroatoms. The van der Waals surface area contributed by atoms with Crippen molar-refractivity contribution in [2.75, 3.05) is 5.32 Å². The number of rotatable bonds is 3. The molecule has 1 aromatic carbocycles. The van der Waals surface area contributed by atoms with Crippen LogP contribution in [0.15, 0.2) is 54.7 Å². The summed E-state index contributed by atoms with van der Waals surface area (Å²) in [5, 5.41) is 17.0. The molecular weight excluding hydrogens is 300 g/mol. The smallest absolute Gasteiger partial charge is 0.163 e. The minimum atomic E-state index is 0.690. The summed E-state index contributed by atoms with van der Waals surface area (Å²) in [6.07, 6.45) is 1.78. The van der Waals surface area contributed by atoms with Gasteiger partial charge >= 0.3 is 0 Å². The second-order valence-electron chi connectivity index (χ2n) is 5.61. The molecule has 1 N–H and O–H groups in total. The highest BCUT2D eigenvalue weighted by Gasteiger charge is 2.11. The molecule has 118 valence electrons. The van der Waals surface area contributed by atoms with Crippen LogP contribution in [0, 0.1) is 13.8 Å². The first-order valence-electron chi connectivity index (χ1n) is 7.69. The number of aryl methyl sites for hydroxylation is 2. The van der Waals surface area contributed by atoms with Crippen molar-refractivity contribution in [3.63, 3.8) is 0 Å². The lowest BCUT2D eigenvalue weighted by Crippen LogP contribution is -1.99. The lowest BCUT2D eigenvalue weighted by molar-refractivity contribution is 0.878. The van der Waals surface area contributed by atoms with Gasteiger partial charge < -0.3 is 5.32 Å². The first-order valence-corrected chi connectivity index (χ1v) is 7.69. The summed E-state index contributed by atoms with van der Waals surface area (Å²) in [4.78, 5) is 4.58. The third-order valence-electron chi connectivity index (χ3n) is 3.78. The number of para-hydroxylation sites is 1. The van der Waals surface area contributed by atoms with E-state index in [1.165, 1.54) is 0 Å². The summed E-state index contributed by atoms with van der Waals surface area (Å²) in [5.74, 6) is 0.690. The van der Waals surface area contributed by atoms with Gasteiger partial charge in [0, 0.05) is 5.39 Å². The van der Waals surface area contributed by atoms with E-state index in [1.54, 1.807) is 6.20 Å². The second-order valence-corrected chi connectivity index (χ2v) is 5.61. The third-order valence-corrected chi connectivity index (χ3v) is 3.78. The molecule has 3 heterocycles. The number of aromatic nitrogens is 5. The van der Waals surface area contributed by atoms with Crippen LogP contribution in [0.25, 0.3) is 16.7 Å². The molecule has 0 aliphatic rings. The van der Waals surface area contributed by atoms with E-state index in [2.05, 4.69) is 25.6 Å². The quantitative estimate of drug-likeness (QED) is 0.626. The van der Waals surface area contributed by atoms with Crippen molar-refractivity contribution in [3.8, 4) is 5.69 Å². The predicted molar refractivity (Wildman–Crippen MR) is 93.7 cm³/mol. The van der Waals surface area contributed by atoms with Gasteiger partial charge in [0.2, 0.25) is 0 Å². The number of nitrogens with zero attached hydrogens (tertiary/aromatic N) is 5. The molecule has 24 heavy (non-hydrogen) atoms. The zero-order valence-corrected chi connectivity index (χ0v) is 13.4. The predicted octanol–water partition coefficient (Wildman–Crippen LogP) is 3.57.